The van der Waals surface area contributed by atoms with Gasteiger partial charge in [0.2, 0.25) is 0 Å². The van der Waals surface area contributed by atoms with Crippen molar-refractivity contribution in [1.29, 1.82) is 0 Å². The Morgan fingerprint density at radius 3 is 1.21 bits per heavy atom. The molecule has 5 aliphatic heterocycles. The molecule has 24 heteroatoms. The predicted molar refractivity (Wildman–Crippen MR) is 301 cm³/mol. The van der Waals surface area contributed by atoms with Crippen LogP contribution in [0.4, 0.5) is 9.59 Å². The molecule has 4 unspecified atom stereocenters. The topological polar surface area (TPSA) is 243 Å². The van der Waals surface area contributed by atoms with Gasteiger partial charge in [0.25, 0.3) is 0 Å². The molecule has 0 aliphatic carbocycles. The van der Waals surface area contributed by atoms with Crippen LogP contribution in [0.3, 0.4) is 0 Å². The van der Waals surface area contributed by atoms with Crippen LogP contribution in [0, 0.1) is 11.8 Å². The van der Waals surface area contributed by atoms with E-state index in [1.807, 2.05) is 48.5 Å². The van der Waals surface area contributed by atoms with Gasteiger partial charge in [0.15, 0.2) is 11.6 Å². The van der Waals surface area contributed by atoms with Crippen molar-refractivity contribution in [2.45, 2.75) is 267 Å². The largest absolute Gasteiger partial charge is 1.00 e. The van der Waals surface area contributed by atoms with E-state index in [2.05, 4.69) is 42.4 Å². The fraction of sp³-hybridized carbons (Fsp3) is 0.857. The number of nitrogens with zero attached hydrogens (tertiary/aromatic N) is 3. The monoisotopic (exact) mass is 1140 g/mol. The summed E-state index contributed by atoms with van der Waals surface area (Å²) in [5.74, 6) is -1.95. The number of aliphatic carboxylic acids is 1. The van der Waals surface area contributed by atoms with E-state index in [9.17, 15) is 33.6 Å². The standard InChI is InChI=1S/C27H49BN2O5.C22H38BNO6.C4H6O4.C2H4O2.CH4.B.Na/c1-21(31)27(14-19-29-16-10-9-11-17-29)20-22(13-18-30(27)23(32)33-24(2,3)4)12-15-28-34-25(5,6)26(7,8)35-28;1-16(26)22(11-14-25)15-17(10-13-24(22)18(27)28-19(2,3)4)9-12-23-29-20(5,6)21(7,8)30-23;1-3(5)7-8-4(2)6;1-2(3)4;;;/h22H,9-20H2,1-8H3;14,17H,9-13,15H2,1-8H3;1-2H3;1H3,(H,3,4);1H4;;/q;;;;;;+1/p-1. The van der Waals surface area contributed by atoms with Crippen molar-refractivity contribution in [3.8, 4) is 0 Å². The van der Waals surface area contributed by atoms with E-state index in [1.54, 1.807) is 32.6 Å². The molecule has 5 rings (SSSR count). The van der Waals surface area contributed by atoms with Crippen molar-refractivity contribution >= 4 is 70.6 Å². The number of rotatable bonds is 13. The van der Waals surface area contributed by atoms with Crippen molar-refractivity contribution < 1.29 is 111 Å². The van der Waals surface area contributed by atoms with Crippen molar-refractivity contribution in [2.75, 3.05) is 32.7 Å². The number of ketones is 2. The summed E-state index contributed by atoms with van der Waals surface area (Å²) in [5.41, 5.74) is -4.67. The van der Waals surface area contributed by atoms with Crippen LogP contribution in [0.5, 0.6) is 0 Å². The summed E-state index contributed by atoms with van der Waals surface area (Å²) in [7, 11) is -0.527. The van der Waals surface area contributed by atoms with Crippen LogP contribution in [-0.2, 0) is 66.6 Å². The Balaban J connectivity index is 0. The first-order valence-corrected chi connectivity index (χ1v) is 27.6. The molecule has 451 valence electrons. The van der Waals surface area contributed by atoms with E-state index in [0.29, 0.717) is 44.6 Å². The van der Waals surface area contributed by atoms with Gasteiger partial charge in [-0.1, -0.05) is 26.7 Å². The van der Waals surface area contributed by atoms with E-state index < -0.39 is 46.3 Å². The van der Waals surface area contributed by atoms with Gasteiger partial charge < -0.3 is 47.7 Å². The second-order valence-corrected chi connectivity index (χ2v) is 25.3. The van der Waals surface area contributed by atoms with Crippen LogP contribution in [0.25, 0.3) is 0 Å². The minimum absolute atomic E-state index is 0. The first-order valence-electron chi connectivity index (χ1n) is 27.6. The van der Waals surface area contributed by atoms with Gasteiger partial charge in [-0.2, -0.15) is 0 Å². The first kappa shape index (κ1) is 79.0. The SMILES string of the molecule is C.CC(=O)C1(CC=O)CC(CCB2OC(C)(C)C(C)(C)O2)CCN1C(=O)OC(C)(C)C.CC(=O)C1(CCN2CCCCC2)CC(CCB2OC(C)(C)C(C)(C)O2)CCN1C(=O)OC(C)(C)C.CC(=O)OOC(C)=O.CC(=O)[O-].[B].[Na+]. The number of likely N-dealkylation sites (tertiary alicyclic amines) is 3. The third kappa shape index (κ3) is 24.3. The molecule has 0 aromatic rings. The number of aldehydes is 1. The minimum Gasteiger partial charge on any atom is -0.550 e. The summed E-state index contributed by atoms with van der Waals surface area (Å²) in [4.78, 5) is 106. The van der Waals surface area contributed by atoms with Gasteiger partial charge >= 0.3 is 67.9 Å². The fourth-order valence-electron chi connectivity index (χ4n) is 10.2. The average molecular weight is 1140 g/mol. The maximum absolute atomic E-state index is 13.3. The number of hydrogen-bond acceptors (Lipinski definition) is 18. The molecule has 0 N–H and O–H groups in total. The van der Waals surface area contributed by atoms with Crippen LogP contribution >= 0.6 is 0 Å². The maximum Gasteiger partial charge on any atom is 1.00 e. The summed E-state index contributed by atoms with van der Waals surface area (Å²) in [6.07, 6.45) is 10.1. The summed E-state index contributed by atoms with van der Waals surface area (Å²) >= 11 is 0. The number of carboxylic acids is 1. The number of carbonyl (C=O) groups excluding carboxylic acids is 8. The van der Waals surface area contributed by atoms with Crippen molar-refractivity contribution in [2.24, 2.45) is 11.8 Å². The van der Waals surface area contributed by atoms with Crippen LogP contribution in [0.15, 0.2) is 0 Å². The molecular weight excluding hydrogens is 1040 g/mol. The Morgan fingerprint density at radius 2 is 0.912 bits per heavy atom. The van der Waals surface area contributed by atoms with E-state index in [-0.39, 0.29) is 112 Å². The molecule has 5 heterocycles. The molecule has 0 spiro atoms. The summed E-state index contributed by atoms with van der Waals surface area (Å²) in [6, 6.07) is 0. The Morgan fingerprint density at radius 1 is 0.588 bits per heavy atom. The van der Waals surface area contributed by atoms with E-state index in [1.165, 1.54) is 31.1 Å². The normalized spacial score (nSPS) is 24.5. The van der Waals surface area contributed by atoms with Crippen LogP contribution in [-0.4, -0.2) is 163 Å². The summed E-state index contributed by atoms with van der Waals surface area (Å²) < 4.78 is 35.9. The third-order valence-corrected chi connectivity index (χ3v) is 15.6. The van der Waals surface area contributed by atoms with Crippen molar-refractivity contribution in [3.05, 3.63) is 0 Å². The second kappa shape index (κ2) is 32.9. The fourth-order valence-corrected chi connectivity index (χ4v) is 10.2. The minimum atomic E-state index is -1.15. The molecule has 5 saturated heterocycles. The molecule has 5 fully saturated rings. The van der Waals surface area contributed by atoms with Gasteiger partial charge in [0.05, 0.1) is 22.4 Å². The number of hydrogen-bond donors (Lipinski definition) is 0. The van der Waals surface area contributed by atoms with E-state index in [4.69, 9.17) is 38.0 Å². The van der Waals surface area contributed by atoms with Crippen LogP contribution in [0.1, 0.15) is 210 Å². The predicted octanol–water partition coefficient (Wildman–Crippen LogP) is 5.40. The van der Waals surface area contributed by atoms with Gasteiger partial charge in [0.1, 0.15) is 28.6 Å². The molecular formula is C56H100B3N3NaO17. The number of carboxylic acid groups (broad SMARTS) is 1. The Labute approximate surface area is 505 Å². The van der Waals surface area contributed by atoms with Gasteiger partial charge in [-0.25, -0.2) is 29.0 Å². The van der Waals surface area contributed by atoms with Gasteiger partial charge in [-0.3, -0.25) is 19.4 Å². The zero-order chi connectivity index (χ0) is 59.2. The molecule has 4 atom stereocenters. The molecule has 80 heavy (non-hydrogen) atoms. The van der Waals surface area contributed by atoms with Crippen LogP contribution in [0.2, 0.25) is 12.6 Å². The Bertz CT molecular complexity index is 1980. The van der Waals surface area contributed by atoms with Crippen LogP contribution < -0.4 is 34.7 Å². The van der Waals surface area contributed by atoms with Gasteiger partial charge in [0, 0.05) is 54.3 Å². The zero-order valence-electron chi connectivity index (χ0n) is 52.0. The summed E-state index contributed by atoms with van der Waals surface area (Å²) in [6.45, 7) is 37.7. The number of Topliss-reactive ketones (excluding diaryl/α,β-unsaturated/α-hetero) is 2. The van der Waals surface area contributed by atoms with Crippen molar-refractivity contribution in [1.82, 2.24) is 14.7 Å². The second-order valence-electron chi connectivity index (χ2n) is 25.3. The Kier molecular flexibility index (Phi) is 32.5. The number of piperidine rings is 3. The summed E-state index contributed by atoms with van der Waals surface area (Å²) in [5, 5.41) is 8.89. The van der Waals surface area contributed by atoms with Crippen molar-refractivity contribution in [3.63, 3.8) is 0 Å². The number of ether oxygens (including phenoxy) is 2. The molecule has 0 aromatic carbocycles. The van der Waals surface area contributed by atoms with Gasteiger partial charge in [-0.15, -0.1) is 0 Å². The number of amides is 2. The first-order chi connectivity index (χ1) is 35.1. The zero-order valence-corrected chi connectivity index (χ0v) is 54.0. The third-order valence-electron chi connectivity index (χ3n) is 15.6. The quantitative estimate of drug-likeness (QED) is 0.0971. The maximum atomic E-state index is 13.3. The molecule has 2 amide bonds. The molecule has 20 nitrogen and oxygen atoms in total. The number of carbonyl (C=O) groups is 8. The molecule has 3 radical (unpaired) electrons. The smallest absolute Gasteiger partial charge is 0.550 e. The molecule has 5 aliphatic rings. The van der Waals surface area contributed by atoms with E-state index in [0.717, 1.165) is 78.7 Å². The molecule has 0 aromatic heterocycles. The average Bonchev–Trinajstić information content (AvgIpc) is 3.63. The Hall–Kier alpha value is -3.05. The molecule has 0 bridgehead atoms. The van der Waals surface area contributed by atoms with Gasteiger partial charge in [-0.05, 0) is 200 Å². The molecule has 0 saturated carbocycles. The van der Waals surface area contributed by atoms with E-state index >= 15 is 0 Å².